The van der Waals surface area contributed by atoms with Gasteiger partial charge in [0.2, 0.25) is 0 Å². The second kappa shape index (κ2) is 9.15. The third kappa shape index (κ3) is 8.21. The molecule has 0 spiro atoms. The van der Waals surface area contributed by atoms with Crippen LogP contribution in [0.2, 0.25) is 0 Å². The molecule has 1 aromatic carbocycles. The molecule has 1 rings (SSSR count). The van der Waals surface area contributed by atoms with E-state index in [1.54, 1.807) is 20.8 Å². The van der Waals surface area contributed by atoms with Crippen molar-refractivity contribution in [3.63, 3.8) is 0 Å². The molecule has 0 bridgehead atoms. The first-order valence-corrected chi connectivity index (χ1v) is 7.69. The van der Waals surface area contributed by atoms with E-state index in [0.29, 0.717) is 13.1 Å². The fraction of sp³-hybridized carbons (Fsp3) is 0.529. The molecule has 2 N–H and O–H groups in total. The highest BCUT2D eigenvalue weighted by atomic mass is 16.6. The van der Waals surface area contributed by atoms with Crippen molar-refractivity contribution in [2.45, 2.75) is 39.4 Å². The number of benzene rings is 1. The quantitative estimate of drug-likeness (QED) is 0.779. The van der Waals surface area contributed by atoms with Gasteiger partial charge in [0, 0.05) is 19.6 Å². The summed E-state index contributed by atoms with van der Waals surface area (Å²) in [5.41, 5.74) is 5.88. The first-order chi connectivity index (χ1) is 10.8. The van der Waals surface area contributed by atoms with Crippen LogP contribution in [0.25, 0.3) is 0 Å². The molecule has 0 unspecified atom stereocenters. The molecule has 0 saturated carbocycles. The van der Waals surface area contributed by atoms with Gasteiger partial charge in [-0.25, -0.2) is 4.79 Å². The number of amides is 1. The smallest absolute Gasteiger partial charge is 0.410 e. The van der Waals surface area contributed by atoms with Gasteiger partial charge in [-0.2, -0.15) is 0 Å². The topological polar surface area (TPSA) is 81.9 Å². The van der Waals surface area contributed by atoms with Gasteiger partial charge in [-0.3, -0.25) is 4.79 Å². The molecule has 6 nitrogen and oxygen atoms in total. The molecule has 0 atom stereocenters. The van der Waals surface area contributed by atoms with Crippen molar-refractivity contribution in [3.05, 3.63) is 35.9 Å². The molecule has 0 saturated heterocycles. The molecule has 6 heteroatoms. The molecular formula is C17H26N2O4. The lowest BCUT2D eigenvalue weighted by molar-refractivity contribution is -0.155. The van der Waals surface area contributed by atoms with Gasteiger partial charge in [0.05, 0.1) is 6.42 Å². The van der Waals surface area contributed by atoms with Crippen molar-refractivity contribution in [2.75, 3.05) is 19.6 Å². The molecule has 0 aliphatic heterocycles. The van der Waals surface area contributed by atoms with E-state index in [2.05, 4.69) is 0 Å². The van der Waals surface area contributed by atoms with Crippen LogP contribution in [0, 0.1) is 0 Å². The highest BCUT2D eigenvalue weighted by Gasteiger charge is 2.19. The summed E-state index contributed by atoms with van der Waals surface area (Å²) >= 11 is 0. The maximum Gasteiger partial charge on any atom is 0.410 e. The molecule has 128 valence electrons. The average molecular weight is 322 g/mol. The predicted octanol–water partition coefficient (Wildman–Crippen LogP) is 2.32. The maximum atomic E-state index is 12.1. The monoisotopic (exact) mass is 322 g/mol. The van der Waals surface area contributed by atoms with Crippen molar-refractivity contribution in [3.8, 4) is 0 Å². The van der Waals surface area contributed by atoms with E-state index in [-0.39, 0.29) is 25.5 Å². The summed E-state index contributed by atoms with van der Waals surface area (Å²) in [5.74, 6) is -0.351. The summed E-state index contributed by atoms with van der Waals surface area (Å²) in [7, 11) is 0. The van der Waals surface area contributed by atoms with Crippen LogP contribution in [0.3, 0.4) is 0 Å². The minimum atomic E-state index is -0.538. The Morgan fingerprint density at radius 2 is 1.78 bits per heavy atom. The average Bonchev–Trinajstić information content (AvgIpc) is 2.48. The number of rotatable bonds is 7. The number of carbonyl (C=O) groups is 2. The Kier molecular flexibility index (Phi) is 7.54. The van der Waals surface area contributed by atoms with Gasteiger partial charge in [-0.1, -0.05) is 30.3 Å². The SMILES string of the molecule is CC(C)(C)OC(=O)CCN(CCN)C(=O)OCc1ccccc1. The summed E-state index contributed by atoms with van der Waals surface area (Å²) in [6.45, 7) is 6.45. The Bertz CT molecular complexity index is 497. The van der Waals surface area contributed by atoms with Crippen molar-refractivity contribution < 1.29 is 19.1 Å². The lowest BCUT2D eigenvalue weighted by atomic mass is 10.2. The molecule has 0 heterocycles. The van der Waals surface area contributed by atoms with Gasteiger partial charge in [0.1, 0.15) is 12.2 Å². The first kappa shape index (κ1) is 19.0. The van der Waals surface area contributed by atoms with Crippen molar-refractivity contribution in [1.29, 1.82) is 0 Å². The van der Waals surface area contributed by atoms with Gasteiger partial charge < -0.3 is 20.1 Å². The molecule has 0 aliphatic rings. The van der Waals surface area contributed by atoms with Crippen molar-refractivity contribution in [1.82, 2.24) is 4.90 Å². The molecule has 23 heavy (non-hydrogen) atoms. The van der Waals surface area contributed by atoms with Crippen LogP contribution in [0.1, 0.15) is 32.8 Å². The van der Waals surface area contributed by atoms with E-state index in [4.69, 9.17) is 15.2 Å². The zero-order valence-electron chi connectivity index (χ0n) is 14.1. The third-order valence-corrected chi connectivity index (χ3v) is 2.87. The second-order valence-electron chi connectivity index (χ2n) is 6.15. The van der Waals surface area contributed by atoms with Crippen LogP contribution >= 0.6 is 0 Å². The lowest BCUT2D eigenvalue weighted by Crippen LogP contribution is -2.38. The van der Waals surface area contributed by atoms with Gasteiger partial charge in [-0.05, 0) is 26.3 Å². The number of carbonyl (C=O) groups excluding carboxylic acids is 2. The van der Waals surface area contributed by atoms with E-state index >= 15 is 0 Å². The van der Waals surface area contributed by atoms with Crippen LogP contribution < -0.4 is 5.73 Å². The van der Waals surface area contributed by atoms with Gasteiger partial charge in [0.15, 0.2) is 0 Å². The second-order valence-corrected chi connectivity index (χ2v) is 6.15. The highest BCUT2D eigenvalue weighted by Crippen LogP contribution is 2.09. The normalized spacial score (nSPS) is 11.0. The van der Waals surface area contributed by atoms with E-state index in [1.807, 2.05) is 30.3 Å². The van der Waals surface area contributed by atoms with Gasteiger partial charge in [-0.15, -0.1) is 0 Å². The number of hydrogen-bond acceptors (Lipinski definition) is 5. The van der Waals surface area contributed by atoms with E-state index in [1.165, 1.54) is 4.90 Å². The van der Waals surface area contributed by atoms with Gasteiger partial charge in [0.25, 0.3) is 0 Å². The third-order valence-electron chi connectivity index (χ3n) is 2.87. The minimum absolute atomic E-state index is 0.109. The molecule has 0 radical (unpaired) electrons. The predicted molar refractivity (Wildman–Crippen MR) is 87.7 cm³/mol. The molecule has 1 aromatic rings. The summed E-state index contributed by atoms with van der Waals surface area (Å²) in [4.78, 5) is 25.3. The fourth-order valence-electron chi connectivity index (χ4n) is 1.88. The largest absolute Gasteiger partial charge is 0.460 e. The van der Waals surface area contributed by atoms with Crippen molar-refractivity contribution in [2.24, 2.45) is 5.73 Å². The Morgan fingerprint density at radius 3 is 2.35 bits per heavy atom. The number of nitrogens with zero attached hydrogens (tertiary/aromatic N) is 1. The van der Waals surface area contributed by atoms with E-state index in [0.717, 1.165) is 5.56 Å². The van der Waals surface area contributed by atoms with Crippen LogP contribution in [0.5, 0.6) is 0 Å². The molecule has 0 fully saturated rings. The molecular weight excluding hydrogens is 296 g/mol. The van der Waals surface area contributed by atoms with Crippen LogP contribution in [-0.4, -0.2) is 42.2 Å². The molecule has 0 aliphatic carbocycles. The number of hydrogen-bond donors (Lipinski definition) is 1. The lowest BCUT2D eigenvalue weighted by Gasteiger charge is -2.23. The highest BCUT2D eigenvalue weighted by molar-refractivity contribution is 5.72. The van der Waals surface area contributed by atoms with Crippen molar-refractivity contribution >= 4 is 12.1 Å². The Morgan fingerprint density at radius 1 is 1.13 bits per heavy atom. The number of nitrogens with two attached hydrogens (primary N) is 1. The Labute approximate surface area is 137 Å². The summed E-state index contributed by atoms with van der Waals surface area (Å²) < 4.78 is 10.5. The zero-order chi connectivity index (χ0) is 17.3. The zero-order valence-corrected chi connectivity index (χ0v) is 14.1. The minimum Gasteiger partial charge on any atom is -0.460 e. The maximum absolute atomic E-state index is 12.1. The Hall–Kier alpha value is -2.08. The summed E-state index contributed by atoms with van der Waals surface area (Å²) in [6.07, 6.45) is -0.375. The standard InChI is InChI=1S/C17H26N2O4/c1-17(2,3)23-15(20)9-11-19(12-10-18)16(21)22-13-14-7-5-4-6-8-14/h4-8H,9-13,18H2,1-3H3. The number of ether oxygens (including phenoxy) is 2. The first-order valence-electron chi connectivity index (χ1n) is 7.69. The van der Waals surface area contributed by atoms with E-state index in [9.17, 15) is 9.59 Å². The van der Waals surface area contributed by atoms with Crippen LogP contribution in [0.4, 0.5) is 4.79 Å². The van der Waals surface area contributed by atoms with Crippen LogP contribution in [0.15, 0.2) is 30.3 Å². The Balaban J connectivity index is 2.46. The van der Waals surface area contributed by atoms with E-state index < -0.39 is 11.7 Å². The molecule has 0 aromatic heterocycles. The number of esters is 1. The summed E-state index contributed by atoms with van der Waals surface area (Å²) in [5, 5.41) is 0. The van der Waals surface area contributed by atoms with Crippen LogP contribution in [-0.2, 0) is 20.9 Å². The molecule has 1 amide bonds. The summed E-state index contributed by atoms with van der Waals surface area (Å²) in [6, 6.07) is 9.40. The van der Waals surface area contributed by atoms with Gasteiger partial charge >= 0.3 is 12.1 Å². The fourth-order valence-corrected chi connectivity index (χ4v) is 1.88.